The topological polar surface area (TPSA) is 80.3 Å². The Morgan fingerprint density at radius 2 is 2.24 bits per heavy atom. The van der Waals surface area contributed by atoms with Gasteiger partial charge < -0.3 is 9.42 Å². The Morgan fingerprint density at radius 1 is 1.44 bits per heavy atom. The third-order valence-electron chi connectivity index (χ3n) is 4.72. The van der Waals surface area contributed by atoms with Crippen LogP contribution >= 0.6 is 0 Å². The summed E-state index contributed by atoms with van der Waals surface area (Å²) < 4.78 is 6.93. The second-order valence-electron chi connectivity index (χ2n) is 6.77. The first-order valence-corrected chi connectivity index (χ1v) is 8.70. The summed E-state index contributed by atoms with van der Waals surface area (Å²) in [6.07, 6.45) is 1.61. The van der Waals surface area contributed by atoms with Gasteiger partial charge in [0.25, 0.3) is 0 Å². The summed E-state index contributed by atoms with van der Waals surface area (Å²) in [5.41, 5.74) is 2.24. The average Bonchev–Trinajstić information content (AvgIpc) is 3.22. The fraction of sp³-hybridized carbons (Fsp3) is 0.647. The SMILES string of the molecule is CC(=O)N(CCc1noc(C)n1)C1CCN(Cc2cc(C)nn2C)C1. The van der Waals surface area contributed by atoms with Crippen LogP contribution in [0.15, 0.2) is 10.6 Å². The van der Waals surface area contributed by atoms with Crippen molar-refractivity contribution in [2.24, 2.45) is 7.05 Å². The van der Waals surface area contributed by atoms with Crippen LogP contribution in [0.4, 0.5) is 0 Å². The number of amides is 1. The molecule has 0 aromatic carbocycles. The molecule has 0 aliphatic carbocycles. The fourth-order valence-electron chi connectivity index (χ4n) is 3.51. The Bertz CT molecular complexity index is 737. The highest BCUT2D eigenvalue weighted by Crippen LogP contribution is 2.19. The van der Waals surface area contributed by atoms with Gasteiger partial charge in [-0.2, -0.15) is 10.1 Å². The molecule has 136 valence electrons. The van der Waals surface area contributed by atoms with E-state index in [2.05, 4.69) is 26.2 Å². The minimum Gasteiger partial charge on any atom is -0.340 e. The number of carbonyl (C=O) groups is 1. The molecule has 2 aromatic rings. The number of likely N-dealkylation sites (tertiary alicyclic amines) is 1. The maximum Gasteiger partial charge on any atom is 0.223 e. The van der Waals surface area contributed by atoms with Crippen LogP contribution in [0.5, 0.6) is 0 Å². The molecule has 1 unspecified atom stereocenters. The van der Waals surface area contributed by atoms with Crippen LogP contribution in [-0.4, -0.2) is 61.3 Å². The van der Waals surface area contributed by atoms with E-state index in [-0.39, 0.29) is 11.9 Å². The Kier molecular flexibility index (Phi) is 5.17. The molecular weight excluding hydrogens is 320 g/mol. The fourth-order valence-corrected chi connectivity index (χ4v) is 3.51. The van der Waals surface area contributed by atoms with Crippen LogP contribution in [0.3, 0.4) is 0 Å². The van der Waals surface area contributed by atoms with Gasteiger partial charge in [0.05, 0.1) is 11.4 Å². The summed E-state index contributed by atoms with van der Waals surface area (Å²) in [5.74, 6) is 1.32. The summed E-state index contributed by atoms with van der Waals surface area (Å²) in [6.45, 7) is 8.77. The third-order valence-corrected chi connectivity index (χ3v) is 4.72. The summed E-state index contributed by atoms with van der Waals surface area (Å²) in [7, 11) is 1.98. The van der Waals surface area contributed by atoms with Gasteiger partial charge in [-0.3, -0.25) is 14.4 Å². The van der Waals surface area contributed by atoms with E-state index in [9.17, 15) is 4.79 Å². The first-order valence-electron chi connectivity index (χ1n) is 8.70. The lowest BCUT2D eigenvalue weighted by Crippen LogP contribution is -2.42. The molecule has 1 fully saturated rings. The molecule has 0 saturated carbocycles. The van der Waals surface area contributed by atoms with Gasteiger partial charge in [-0.05, 0) is 19.4 Å². The largest absolute Gasteiger partial charge is 0.340 e. The molecule has 8 heteroatoms. The molecule has 3 rings (SSSR count). The van der Waals surface area contributed by atoms with Gasteiger partial charge >= 0.3 is 0 Å². The number of rotatable bonds is 6. The summed E-state index contributed by atoms with van der Waals surface area (Å²) in [5, 5.41) is 8.32. The van der Waals surface area contributed by atoms with E-state index in [1.165, 1.54) is 5.69 Å². The van der Waals surface area contributed by atoms with Crippen LogP contribution in [0, 0.1) is 13.8 Å². The van der Waals surface area contributed by atoms with Crippen molar-refractivity contribution in [3.8, 4) is 0 Å². The standard InChI is InChI=1S/C17H26N6O2/c1-12-9-16(21(4)19-12)11-22-7-5-15(10-22)23(14(3)24)8-6-17-18-13(2)25-20-17/h9,15H,5-8,10-11H2,1-4H3. The molecule has 1 amide bonds. The smallest absolute Gasteiger partial charge is 0.223 e. The molecule has 0 bridgehead atoms. The first-order chi connectivity index (χ1) is 11.9. The lowest BCUT2D eigenvalue weighted by atomic mass is 10.2. The molecule has 25 heavy (non-hydrogen) atoms. The van der Waals surface area contributed by atoms with Crippen molar-refractivity contribution in [3.63, 3.8) is 0 Å². The van der Waals surface area contributed by atoms with Crippen LogP contribution in [0.25, 0.3) is 0 Å². The van der Waals surface area contributed by atoms with Gasteiger partial charge in [0.2, 0.25) is 11.8 Å². The van der Waals surface area contributed by atoms with E-state index >= 15 is 0 Å². The third kappa shape index (κ3) is 4.25. The number of aryl methyl sites for hydroxylation is 3. The Labute approximate surface area is 147 Å². The number of aromatic nitrogens is 4. The average molecular weight is 346 g/mol. The monoisotopic (exact) mass is 346 g/mol. The van der Waals surface area contributed by atoms with Crippen molar-refractivity contribution in [1.29, 1.82) is 0 Å². The van der Waals surface area contributed by atoms with E-state index in [0.717, 1.165) is 31.7 Å². The highest BCUT2D eigenvalue weighted by atomic mass is 16.5. The quantitative estimate of drug-likeness (QED) is 0.779. The zero-order valence-electron chi connectivity index (χ0n) is 15.4. The summed E-state index contributed by atoms with van der Waals surface area (Å²) in [4.78, 5) is 20.7. The molecule has 1 saturated heterocycles. The van der Waals surface area contributed by atoms with Crippen LogP contribution < -0.4 is 0 Å². The predicted molar refractivity (Wildman–Crippen MR) is 91.8 cm³/mol. The minimum atomic E-state index is 0.100. The zero-order chi connectivity index (χ0) is 18.0. The lowest BCUT2D eigenvalue weighted by Gasteiger charge is -2.27. The molecule has 0 N–H and O–H groups in total. The molecule has 1 atom stereocenters. The second-order valence-corrected chi connectivity index (χ2v) is 6.77. The molecule has 3 heterocycles. The van der Waals surface area contributed by atoms with Crippen molar-refractivity contribution in [1.82, 2.24) is 29.7 Å². The van der Waals surface area contributed by atoms with Crippen molar-refractivity contribution >= 4 is 5.91 Å². The van der Waals surface area contributed by atoms with Gasteiger partial charge in [0, 0.05) is 59.5 Å². The number of nitrogens with zero attached hydrogens (tertiary/aromatic N) is 6. The summed E-state index contributed by atoms with van der Waals surface area (Å²) in [6, 6.07) is 2.36. The first kappa shape index (κ1) is 17.6. The maximum absolute atomic E-state index is 12.1. The van der Waals surface area contributed by atoms with Crippen molar-refractivity contribution in [3.05, 3.63) is 29.2 Å². The number of carbonyl (C=O) groups excluding carboxylic acids is 1. The highest BCUT2D eigenvalue weighted by molar-refractivity contribution is 5.73. The normalized spacial score (nSPS) is 18.0. The molecule has 1 aliphatic heterocycles. The minimum absolute atomic E-state index is 0.100. The number of hydrogen-bond donors (Lipinski definition) is 0. The van der Waals surface area contributed by atoms with Crippen molar-refractivity contribution in [2.75, 3.05) is 19.6 Å². The van der Waals surface area contributed by atoms with E-state index in [1.54, 1.807) is 13.8 Å². The Hall–Kier alpha value is -2.22. The number of hydrogen-bond acceptors (Lipinski definition) is 6. The highest BCUT2D eigenvalue weighted by Gasteiger charge is 2.29. The van der Waals surface area contributed by atoms with Gasteiger partial charge in [0.1, 0.15) is 0 Å². The van der Waals surface area contributed by atoms with Crippen LogP contribution in [0.1, 0.15) is 36.4 Å². The van der Waals surface area contributed by atoms with E-state index in [0.29, 0.717) is 24.7 Å². The summed E-state index contributed by atoms with van der Waals surface area (Å²) >= 11 is 0. The molecule has 1 aliphatic rings. The maximum atomic E-state index is 12.1. The van der Waals surface area contributed by atoms with Crippen LogP contribution in [0.2, 0.25) is 0 Å². The lowest BCUT2D eigenvalue weighted by molar-refractivity contribution is -0.130. The Balaban J connectivity index is 1.57. The molecule has 8 nitrogen and oxygen atoms in total. The molecule has 2 aromatic heterocycles. The Morgan fingerprint density at radius 3 is 2.84 bits per heavy atom. The van der Waals surface area contributed by atoms with Crippen molar-refractivity contribution in [2.45, 2.75) is 46.2 Å². The molecular formula is C17H26N6O2. The van der Waals surface area contributed by atoms with Gasteiger partial charge in [-0.1, -0.05) is 5.16 Å². The van der Waals surface area contributed by atoms with E-state index in [1.807, 2.05) is 23.6 Å². The van der Waals surface area contributed by atoms with Gasteiger partial charge in [0.15, 0.2) is 5.82 Å². The van der Waals surface area contributed by atoms with Gasteiger partial charge in [-0.15, -0.1) is 0 Å². The van der Waals surface area contributed by atoms with E-state index in [4.69, 9.17) is 4.52 Å². The zero-order valence-corrected chi connectivity index (χ0v) is 15.4. The van der Waals surface area contributed by atoms with Crippen LogP contribution in [-0.2, 0) is 24.8 Å². The predicted octanol–water partition coefficient (Wildman–Crippen LogP) is 1.09. The second kappa shape index (κ2) is 7.35. The van der Waals surface area contributed by atoms with Crippen molar-refractivity contribution < 1.29 is 9.32 Å². The molecule has 0 spiro atoms. The molecule has 0 radical (unpaired) electrons. The van der Waals surface area contributed by atoms with E-state index < -0.39 is 0 Å². The van der Waals surface area contributed by atoms with Gasteiger partial charge in [-0.25, -0.2) is 0 Å².